The van der Waals surface area contributed by atoms with Gasteiger partial charge in [0.25, 0.3) is 5.91 Å². The third-order valence-corrected chi connectivity index (χ3v) is 3.70. The van der Waals surface area contributed by atoms with Crippen molar-refractivity contribution in [1.29, 1.82) is 0 Å². The van der Waals surface area contributed by atoms with Crippen molar-refractivity contribution in [2.24, 2.45) is 0 Å². The molecule has 1 aliphatic rings. The van der Waals surface area contributed by atoms with Crippen LogP contribution in [-0.4, -0.2) is 30.1 Å². The summed E-state index contributed by atoms with van der Waals surface area (Å²) in [5.41, 5.74) is -0.0505. The highest BCUT2D eigenvalue weighted by molar-refractivity contribution is 9.10. The molecule has 1 aliphatic heterocycles. The molecule has 0 aliphatic carbocycles. The second kappa shape index (κ2) is 5.30. The van der Waals surface area contributed by atoms with Crippen LogP contribution in [0.15, 0.2) is 16.6 Å². The first-order chi connectivity index (χ1) is 8.49. The van der Waals surface area contributed by atoms with E-state index in [1.807, 2.05) is 0 Å². The van der Waals surface area contributed by atoms with Crippen LogP contribution in [0.4, 0.5) is 13.2 Å². The number of piperidine rings is 1. The quantitative estimate of drug-likeness (QED) is 0.727. The Hall–Kier alpha value is -1.04. The number of benzene rings is 1. The van der Waals surface area contributed by atoms with Gasteiger partial charge in [0.15, 0.2) is 0 Å². The lowest BCUT2D eigenvalue weighted by Gasteiger charge is -2.28. The van der Waals surface area contributed by atoms with Crippen LogP contribution in [-0.2, 0) is 0 Å². The van der Waals surface area contributed by atoms with Gasteiger partial charge in [0.05, 0.1) is 4.47 Å². The fourth-order valence-electron chi connectivity index (χ4n) is 1.91. The molecule has 0 radical (unpaired) electrons. The highest BCUT2D eigenvalue weighted by atomic mass is 79.9. The number of hydrogen-bond acceptors (Lipinski definition) is 1. The minimum atomic E-state index is -0.896. The minimum absolute atomic E-state index is 0.0505. The van der Waals surface area contributed by atoms with Crippen LogP contribution < -0.4 is 0 Å². The molecule has 2 nitrogen and oxygen atoms in total. The molecule has 0 unspecified atom stereocenters. The summed E-state index contributed by atoms with van der Waals surface area (Å²) >= 11 is 2.74. The zero-order chi connectivity index (χ0) is 13.3. The lowest BCUT2D eigenvalue weighted by Crippen LogP contribution is -2.39. The fraction of sp³-hybridized carbons (Fsp3) is 0.417. The van der Waals surface area contributed by atoms with Crippen molar-refractivity contribution in [2.45, 2.75) is 19.0 Å². The van der Waals surface area contributed by atoms with E-state index in [2.05, 4.69) is 15.9 Å². The Morgan fingerprint density at radius 2 is 1.72 bits per heavy atom. The van der Waals surface area contributed by atoms with Crippen molar-refractivity contribution in [2.75, 3.05) is 13.1 Å². The molecule has 0 saturated carbocycles. The Bertz CT molecular complexity index is 449. The summed E-state index contributed by atoms with van der Waals surface area (Å²) in [4.78, 5) is 13.4. The van der Waals surface area contributed by atoms with Gasteiger partial charge in [-0.1, -0.05) is 0 Å². The molecule has 98 valence electrons. The summed E-state index contributed by atoms with van der Waals surface area (Å²) in [6.45, 7) is 0.554. The van der Waals surface area contributed by atoms with Crippen molar-refractivity contribution in [3.05, 3.63) is 33.8 Å². The standard InChI is InChI=1S/C12H11BrF3NO/c13-11-9(15)5-7(6-10(11)16)12(18)17-3-1-8(14)2-4-17/h5-6,8H,1-4H2. The van der Waals surface area contributed by atoms with Gasteiger partial charge in [-0.3, -0.25) is 4.79 Å². The molecule has 0 bridgehead atoms. The molecule has 0 aromatic heterocycles. The Morgan fingerprint density at radius 3 is 2.22 bits per heavy atom. The van der Waals surface area contributed by atoms with Gasteiger partial charge < -0.3 is 4.90 Å². The third-order valence-electron chi connectivity index (χ3n) is 2.94. The molecule has 0 spiro atoms. The number of carbonyl (C=O) groups is 1. The Labute approximate surface area is 111 Å². The summed E-state index contributed by atoms with van der Waals surface area (Å²) in [6, 6.07) is 1.97. The fourth-order valence-corrected chi connectivity index (χ4v) is 2.14. The van der Waals surface area contributed by atoms with E-state index >= 15 is 0 Å². The topological polar surface area (TPSA) is 20.3 Å². The van der Waals surface area contributed by atoms with E-state index in [4.69, 9.17) is 0 Å². The SMILES string of the molecule is O=C(c1cc(F)c(Br)c(F)c1)N1CCC(F)CC1. The number of rotatable bonds is 1. The van der Waals surface area contributed by atoms with Crippen LogP contribution in [0, 0.1) is 11.6 Å². The second-order valence-corrected chi connectivity index (χ2v) is 5.01. The number of amides is 1. The van der Waals surface area contributed by atoms with Crippen LogP contribution in [0.3, 0.4) is 0 Å². The molecule has 1 heterocycles. The zero-order valence-electron chi connectivity index (χ0n) is 9.43. The van der Waals surface area contributed by atoms with E-state index in [1.165, 1.54) is 4.90 Å². The van der Waals surface area contributed by atoms with Crippen molar-refractivity contribution >= 4 is 21.8 Å². The molecule has 1 aromatic carbocycles. The average Bonchev–Trinajstić information content (AvgIpc) is 2.35. The van der Waals surface area contributed by atoms with E-state index in [9.17, 15) is 18.0 Å². The molecule has 2 rings (SSSR count). The molecule has 0 atom stereocenters. The molecule has 1 saturated heterocycles. The van der Waals surface area contributed by atoms with E-state index in [0.717, 1.165) is 12.1 Å². The largest absolute Gasteiger partial charge is 0.338 e. The number of alkyl halides is 1. The number of nitrogens with zero attached hydrogens (tertiary/aromatic N) is 1. The Balaban J connectivity index is 2.19. The molecule has 1 aromatic rings. The van der Waals surface area contributed by atoms with E-state index in [0.29, 0.717) is 0 Å². The molecular weight excluding hydrogens is 311 g/mol. The normalized spacial score (nSPS) is 17.0. The summed E-state index contributed by atoms with van der Waals surface area (Å²) in [5.74, 6) is -2.11. The number of halogens is 4. The first-order valence-electron chi connectivity index (χ1n) is 5.57. The average molecular weight is 322 g/mol. The van der Waals surface area contributed by atoms with Crippen LogP contribution in [0.2, 0.25) is 0 Å². The molecular formula is C12H11BrF3NO. The van der Waals surface area contributed by atoms with Crippen molar-refractivity contribution < 1.29 is 18.0 Å². The van der Waals surface area contributed by atoms with Crippen molar-refractivity contribution in [3.63, 3.8) is 0 Å². The monoisotopic (exact) mass is 321 g/mol. The Morgan fingerprint density at radius 1 is 1.22 bits per heavy atom. The maximum atomic E-state index is 13.3. The van der Waals surface area contributed by atoms with E-state index < -0.39 is 23.7 Å². The van der Waals surface area contributed by atoms with Gasteiger partial charge in [-0.2, -0.15) is 0 Å². The third kappa shape index (κ3) is 2.68. The van der Waals surface area contributed by atoms with E-state index in [1.54, 1.807) is 0 Å². The maximum absolute atomic E-state index is 13.3. The van der Waals surface area contributed by atoms with Gasteiger partial charge in [-0.25, -0.2) is 13.2 Å². The van der Waals surface area contributed by atoms with Crippen LogP contribution in [0.1, 0.15) is 23.2 Å². The molecule has 1 fully saturated rings. The first kappa shape index (κ1) is 13.4. The molecule has 0 N–H and O–H groups in total. The van der Waals surface area contributed by atoms with Gasteiger partial charge in [0, 0.05) is 18.7 Å². The lowest BCUT2D eigenvalue weighted by atomic mass is 10.1. The molecule has 18 heavy (non-hydrogen) atoms. The van der Waals surface area contributed by atoms with Gasteiger partial charge in [-0.15, -0.1) is 0 Å². The summed E-state index contributed by atoms with van der Waals surface area (Å²) in [7, 11) is 0. The van der Waals surface area contributed by atoms with Crippen molar-refractivity contribution in [3.8, 4) is 0 Å². The van der Waals surface area contributed by atoms with Crippen molar-refractivity contribution in [1.82, 2.24) is 4.90 Å². The molecule has 1 amide bonds. The lowest BCUT2D eigenvalue weighted by molar-refractivity contribution is 0.0666. The second-order valence-electron chi connectivity index (χ2n) is 4.22. The van der Waals surface area contributed by atoms with Crippen LogP contribution in [0.25, 0.3) is 0 Å². The van der Waals surface area contributed by atoms with Crippen LogP contribution in [0.5, 0.6) is 0 Å². The predicted molar refractivity (Wildman–Crippen MR) is 64.1 cm³/mol. The molecule has 6 heteroatoms. The first-order valence-corrected chi connectivity index (χ1v) is 6.36. The summed E-state index contributed by atoms with van der Waals surface area (Å²) in [6.07, 6.45) is -0.354. The smallest absolute Gasteiger partial charge is 0.254 e. The highest BCUT2D eigenvalue weighted by Gasteiger charge is 2.24. The van der Waals surface area contributed by atoms with Crippen LogP contribution >= 0.6 is 15.9 Å². The predicted octanol–water partition coefficient (Wildman–Crippen LogP) is 3.30. The van der Waals surface area contributed by atoms with Gasteiger partial charge in [-0.05, 0) is 40.9 Å². The van der Waals surface area contributed by atoms with E-state index in [-0.39, 0.29) is 36.0 Å². The summed E-state index contributed by atoms with van der Waals surface area (Å²) < 4.78 is 39.3. The van der Waals surface area contributed by atoms with Gasteiger partial charge >= 0.3 is 0 Å². The number of hydrogen-bond donors (Lipinski definition) is 0. The highest BCUT2D eigenvalue weighted by Crippen LogP contribution is 2.23. The summed E-state index contributed by atoms with van der Waals surface area (Å²) in [5, 5.41) is 0. The maximum Gasteiger partial charge on any atom is 0.254 e. The van der Waals surface area contributed by atoms with Gasteiger partial charge in [0.1, 0.15) is 17.8 Å². The number of likely N-dealkylation sites (tertiary alicyclic amines) is 1. The zero-order valence-corrected chi connectivity index (χ0v) is 11.0. The number of carbonyl (C=O) groups excluding carboxylic acids is 1. The van der Waals surface area contributed by atoms with Gasteiger partial charge in [0.2, 0.25) is 0 Å². The minimum Gasteiger partial charge on any atom is -0.338 e. The Kier molecular flexibility index (Phi) is 3.94.